The highest BCUT2D eigenvalue weighted by Crippen LogP contribution is 1.96. The lowest BCUT2D eigenvalue weighted by atomic mass is 10.1. The summed E-state index contributed by atoms with van der Waals surface area (Å²) in [5.41, 5.74) is 5.46. The van der Waals surface area contributed by atoms with E-state index in [0.29, 0.717) is 12.5 Å². The molecule has 0 aromatic rings. The van der Waals surface area contributed by atoms with Gasteiger partial charge in [-0.3, -0.25) is 4.99 Å². The van der Waals surface area contributed by atoms with Crippen molar-refractivity contribution in [3.8, 4) is 0 Å². The molecule has 0 bridgehead atoms. The Bertz CT molecular complexity index is 158. The van der Waals surface area contributed by atoms with E-state index in [1.807, 2.05) is 20.8 Å². The smallest absolute Gasteiger partial charge is 0.189 e. The molecule has 1 atom stereocenters. The van der Waals surface area contributed by atoms with Crippen molar-refractivity contribution in [3.63, 3.8) is 0 Å². The van der Waals surface area contributed by atoms with Crippen LogP contribution in [0.2, 0.25) is 0 Å². The van der Waals surface area contributed by atoms with Crippen LogP contribution in [0.25, 0.3) is 0 Å². The Morgan fingerprint density at radius 3 is 2.42 bits per heavy atom. The first-order valence-corrected chi connectivity index (χ1v) is 4.07. The van der Waals surface area contributed by atoms with Crippen LogP contribution in [0.3, 0.4) is 0 Å². The largest absolute Gasteiger partial charge is 0.391 e. The van der Waals surface area contributed by atoms with E-state index in [-0.39, 0.29) is 5.54 Å². The highest BCUT2D eigenvalue weighted by atomic mass is 16.3. The molecule has 0 aliphatic heterocycles. The SMILES string of the molecule is CC(O)CN=C(N)NC(C)(C)C. The molecular weight excluding hydrogens is 154 g/mol. The standard InChI is InChI=1S/C8H19N3O/c1-6(12)5-10-7(9)11-8(2,3)4/h6,12H,5H2,1-4H3,(H3,9,10,11). The number of guanidine groups is 1. The Hall–Kier alpha value is -0.770. The number of hydrogen-bond acceptors (Lipinski definition) is 2. The Morgan fingerprint density at radius 2 is 2.08 bits per heavy atom. The van der Waals surface area contributed by atoms with Gasteiger partial charge in [-0.2, -0.15) is 0 Å². The summed E-state index contributed by atoms with van der Waals surface area (Å²) in [6.07, 6.45) is -0.440. The summed E-state index contributed by atoms with van der Waals surface area (Å²) >= 11 is 0. The van der Waals surface area contributed by atoms with Gasteiger partial charge in [0.25, 0.3) is 0 Å². The van der Waals surface area contributed by atoms with Gasteiger partial charge < -0.3 is 16.2 Å². The Kier molecular flexibility index (Phi) is 4.03. The van der Waals surface area contributed by atoms with Crippen molar-refractivity contribution >= 4 is 5.96 Å². The quantitative estimate of drug-likeness (QED) is 0.409. The van der Waals surface area contributed by atoms with Crippen LogP contribution in [0.4, 0.5) is 0 Å². The van der Waals surface area contributed by atoms with Gasteiger partial charge in [0.15, 0.2) is 5.96 Å². The normalized spacial score (nSPS) is 15.9. The molecule has 0 aliphatic carbocycles. The van der Waals surface area contributed by atoms with Gasteiger partial charge in [-0.1, -0.05) is 0 Å². The average molecular weight is 173 g/mol. The van der Waals surface area contributed by atoms with Crippen LogP contribution >= 0.6 is 0 Å². The van der Waals surface area contributed by atoms with Crippen LogP contribution in [0, 0.1) is 0 Å². The fourth-order valence-corrected chi connectivity index (χ4v) is 0.654. The molecule has 0 fully saturated rings. The molecule has 0 heterocycles. The molecule has 4 nitrogen and oxygen atoms in total. The van der Waals surface area contributed by atoms with Gasteiger partial charge >= 0.3 is 0 Å². The lowest BCUT2D eigenvalue weighted by molar-refractivity contribution is 0.203. The third-order valence-electron chi connectivity index (χ3n) is 1.03. The zero-order valence-corrected chi connectivity index (χ0v) is 8.26. The van der Waals surface area contributed by atoms with Gasteiger partial charge in [-0.15, -0.1) is 0 Å². The lowest BCUT2D eigenvalue weighted by Crippen LogP contribution is -2.45. The first kappa shape index (κ1) is 11.2. The minimum atomic E-state index is -0.440. The summed E-state index contributed by atoms with van der Waals surface area (Å²) in [5.74, 6) is 0.378. The first-order valence-electron chi connectivity index (χ1n) is 4.07. The number of nitrogens with two attached hydrogens (primary N) is 1. The second-order valence-electron chi connectivity index (χ2n) is 3.95. The van der Waals surface area contributed by atoms with Crippen molar-refractivity contribution < 1.29 is 5.11 Å². The van der Waals surface area contributed by atoms with Crippen LogP contribution in [0.15, 0.2) is 4.99 Å². The zero-order valence-electron chi connectivity index (χ0n) is 8.26. The second kappa shape index (κ2) is 4.30. The molecular formula is C8H19N3O. The maximum Gasteiger partial charge on any atom is 0.189 e. The summed E-state index contributed by atoms with van der Waals surface area (Å²) in [5, 5.41) is 11.9. The Labute approximate surface area is 73.9 Å². The van der Waals surface area contributed by atoms with Crippen LogP contribution in [0.1, 0.15) is 27.7 Å². The minimum Gasteiger partial charge on any atom is -0.391 e. The third kappa shape index (κ3) is 7.34. The summed E-state index contributed by atoms with van der Waals surface area (Å²) in [4.78, 5) is 3.94. The minimum absolute atomic E-state index is 0.0771. The third-order valence-corrected chi connectivity index (χ3v) is 1.03. The van der Waals surface area contributed by atoms with E-state index in [1.54, 1.807) is 6.92 Å². The van der Waals surface area contributed by atoms with E-state index in [0.717, 1.165) is 0 Å². The molecule has 0 amide bonds. The monoisotopic (exact) mass is 173 g/mol. The molecule has 0 radical (unpaired) electrons. The van der Waals surface area contributed by atoms with E-state index >= 15 is 0 Å². The Balaban J connectivity index is 3.86. The number of aliphatic imine (C=N–C) groups is 1. The van der Waals surface area contributed by atoms with Crippen LogP contribution in [0.5, 0.6) is 0 Å². The molecule has 1 unspecified atom stereocenters. The predicted molar refractivity (Wildman–Crippen MR) is 51.1 cm³/mol. The summed E-state index contributed by atoms with van der Waals surface area (Å²) < 4.78 is 0. The maximum atomic E-state index is 8.91. The maximum absolute atomic E-state index is 8.91. The second-order valence-corrected chi connectivity index (χ2v) is 3.95. The van der Waals surface area contributed by atoms with Crippen molar-refractivity contribution in [2.45, 2.75) is 39.3 Å². The number of hydrogen-bond donors (Lipinski definition) is 3. The van der Waals surface area contributed by atoms with Crippen LogP contribution in [-0.4, -0.2) is 29.3 Å². The molecule has 0 aliphatic rings. The number of aliphatic hydroxyl groups is 1. The summed E-state index contributed by atoms with van der Waals surface area (Å²) in [6, 6.07) is 0. The van der Waals surface area contributed by atoms with Crippen molar-refractivity contribution in [2.24, 2.45) is 10.7 Å². The van der Waals surface area contributed by atoms with Crippen molar-refractivity contribution in [3.05, 3.63) is 0 Å². The van der Waals surface area contributed by atoms with Crippen molar-refractivity contribution in [2.75, 3.05) is 6.54 Å². The van der Waals surface area contributed by atoms with Gasteiger partial charge in [-0.25, -0.2) is 0 Å². The van der Waals surface area contributed by atoms with Gasteiger partial charge in [0.1, 0.15) is 0 Å². The Morgan fingerprint density at radius 1 is 1.58 bits per heavy atom. The fraction of sp³-hybridized carbons (Fsp3) is 0.875. The molecule has 4 N–H and O–H groups in total. The van der Waals surface area contributed by atoms with Gasteiger partial charge in [-0.05, 0) is 27.7 Å². The van der Waals surface area contributed by atoms with Crippen molar-refractivity contribution in [1.29, 1.82) is 0 Å². The lowest BCUT2D eigenvalue weighted by Gasteiger charge is -2.21. The molecule has 0 spiro atoms. The van der Waals surface area contributed by atoms with E-state index in [4.69, 9.17) is 10.8 Å². The number of nitrogens with zero attached hydrogens (tertiary/aromatic N) is 1. The van der Waals surface area contributed by atoms with E-state index in [1.165, 1.54) is 0 Å². The molecule has 72 valence electrons. The molecule has 0 saturated heterocycles. The molecule has 0 saturated carbocycles. The predicted octanol–water partition coefficient (Wildman–Crippen LogP) is 0.0700. The molecule has 0 aromatic heterocycles. The summed E-state index contributed by atoms with van der Waals surface area (Å²) in [7, 11) is 0. The van der Waals surface area contributed by atoms with E-state index < -0.39 is 6.10 Å². The fourth-order valence-electron chi connectivity index (χ4n) is 0.654. The van der Waals surface area contributed by atoms with Crippen molar-refractivity contribution in [1.82, 2.24) is 5.32 Å². The van der Waals surface area contributed by atoms with E-state index in [2.05, 4.69) is 10.3 Å². The van der Waals surface area contributed by atoms with Gasteiger partial charge in [0.2, 0.25) is 0 Å². The number of nitrogens with one attached hydrogen (secondary N) is 1. The van der Waals surface area contributed by atoms with Crippen LogP contribution in [-0.2, 0) is 0 Å². The number of aliphatic hydroxyl groups excluding tert-OH is 1. The highest BCUT2D eigenvalue weighted by Gasteiger charge is 2.09. The van der Waals surface area contributed by atoms with Gasteiger partial charge in [0, 0.05) is 5.54 Å². The summed E-state index contributed by atoms with van der Waals surface area (Å²) in [6.45, 7) is 8.01. The van der Waals surface area contributed by atoms with E-state index in [9.17, 15) is 0 Å². The molecule has 4 heteroatoms. The first-order chi connectivity index (χ1) is 5.31. The van der Waals surface area contributed by atoms with Gasteiger partial charge in [0.05, 0.1) is 12.6 Å². The van der Waals surface area contributed by atoms with Crippen LogP contribution < -0.4 is 11.1 Å². The molecule has 0 aromatic carbocycles. The topological polar surface area (TPSA) is 70.6 Å². The number of rotatable bonds is 2. The molecule has 0 rings (SSSR count). The highest BCUT2D eigenvalue weighted by molar-refractivity contribution is 5.78. The zero-order chi connectivity index (χ0) is 9.78. The average Bonchev–Trinajstić information content (AvgIpc) is 1.79. The molecule has 12 heavy (non-hydrogen) atoms.